The van der Waals surface area contributed by atoms with Crippen LogP contribution in [-0.2, 0) is 18.9 Å². The van der Waals surface area contributed by atoms with E-state index in [1.54, 1.807) is 13.0 Å². The topological polar surface area (TPSA) is 73.6 Å². The number of halogens is 6. The summed E-state index contributed by atoms with van der Waals surface area (Å²) in [6, 6.07) is 5.95. The van der Waals surface area contributed by atoms with Gasteiger partial charge in [-0.15, -0.1) is 0 Å². The lowest BCUT2D eigenvalue weighted by molar-refractivity contribution is -0.139. The molecule has 1 saturated carbocycles. The maximum absolute atomic E-state index is 13.7. The molecule has 4 aromatic heterocycles. The molecule has 0 radical (unpaired) electrons. The first kappa shape index (κ1) is 26.8. The van der Waals surface area contributed by atoms with Gasteiger partial charge in [0.1, 0.15) is 5.52 Å². The van der Waals surface area contributed by atoms with E-state index >= 15 is 0 Å². The van der Waals surface area contributed by atoms with E-state index in [1.807, 2.05) is 0 Å². The van der Waals surface area contributed by atoms with E-state index in [0.29, 0.717) is 42.5 Å². The largest absolute Gasteiger partial charge is 0.418 e. The van der Waals surface area contributed by atoms with Crippen LogP contribution in [0.15, 0.2) is 53.7 Å². The van der Waals surface area contributed by atoms with E-state index in [0.717, 1.165) is 16.7 Å². The predicted molar refractivity (Wildman–Crippen MR) is 130 cm³/mol. The average molecular weight is 548 g/mol. The highest BCUT2D eigenvalue weighted by molar-refractivity contribution is 5.71. The Morgan fingerprint density at radius 2 is 1.49 bits per heavy atom. The molecule has 0 atom stereocenters. The molecule has 1 aliphatic rings. The van der Waals surface area contributed by atoms with Crippen molar-refractivity contribution in [2.45, 2.75) is 63.3 Å². The molecular weight excluding hydrogens is 524 g/mol. The molecule has 6 nitrogen and oxygen atoms in total. The molecule has 0 spiro atoms. The van der Waals surface area contributed by atoms with Gasteiger partial charge in [-0.05, 0) is 68.9 Å². The number of nitrogens with zero attached hydrogens (tertiary/aromatic N) is 5. The Labute approximate surface area is 218 Å². The third-order valence-electron chi connectivity index (χ3n) is 7.14. The van der Waals surface area contributed by atoms with Crippen molar-refractivity contribution < 1.29 is 26.3 Å². The van der Waals surface area contributed by atoms with Crippen LogP contribution in [0.5, 0.6) is 0 Å². The van der Waals surface area contributed by atoms with Gasteiger partial charge in [-0.3, -0.25) is 24.3 Å². The van der Waals surface area contributed by atoms with Gasteiger partial charge in [0, 0.05) is 30.1 Å². The Morgan fingerprint density at radius 1 is 0.872 bits per heavy atom. The van der Waals surface area contributed by atoms with E-state index in [2.05, 4.69) is 19.9 Å². The standard InChI is InChI=1S/C27H23F6N5O/c1-15-13-36-21-12-18(16-6-8-17(9-7-16)23-20(27(31,32)33)5-3-11-35-23)25(39)38(24(21)37-15)14-22-19(26(28,29)30)4-2-10-34-22/h2-5,10-13,16-17H,6-9,14H2,1H3. The van der Waals surface area contributed by atoms with Gasteiger partial charge in [0.25, 0.3) is 5.56 Å². The second-order valence-electron chi connectivity index (χ2n) is 9.69. The first-order valence-electron chi connectivity index (χ1n) is 12.3. The molecule has 1 aliphatic carbocycles. The number of aromatic nitrogens is 5. The van der Waals surface area contributed by atoms with Gasteiger partial charge in [-0.25, -0.2) is 4.98 Å². The van der Waals surface area contributed by atoms with Gasteiger partial charge >= 0.3 is 12.4 Å². The van der Waals surface area contributed by atoms with Crippen LogP contribution in [0.2, 0.25) is 0 Å². The fraction of sp³-hybridized carbons (Fsp3) is 0.370. The van der Waals surface area contributed by atoms with Gasteiger partial charge in [-0.1, -0.05) is 0 Å². The maximum atomic E-state index is 13.7. The Morgan fingerprint density at radius 3 is 2.15 bits per heavy atom. The first-order chi connectivity index (χ1) is 18.4. The Kier molecular flexibility index (Phi) is 6.90. The molecule has 4 heterocycles. The van der Waals surface area contributed by atoms with Crippen LogP contribution in [0, 0.1) is 6.92 Å². The van der Waals surface area contributed by atoms with E-state index in [1.165, 1.54) is 30.7 Å². The molecule has 204 valence electrons. The highest BCUT2D eigenvalue weighted by Crippen LogP contribution is 2.43. The van der Waals surface area contributed by atoms with Crippen LogP contribution in [-0.4, -0.2) is 24.5 Å². The van der Waals surface area contributed by atoms with Crippen molar-refractivity contribution in [2.24, 2.45) is 0 Å². The number of alkyl halides is 6. The average Bonchev–Trinajstić information content (AvgIpc) is 2.90. The minimum atomic E-state index is -4.67. The molecule has 39 heavy (non-hydrogen) atoms. The van der Waals surface area contributed by atoms with Crippen LogP contribution in [0.3, 0.4) is 0 Å². The Balaban J connectivity index is 1.51. The fourth-order valence-corrected chi connectivity index (χ4v) is 5.31. The summed E-state index contributed by atoms with van der Waals surface area (Å²) < 4.78 is 82.7. The first-order valence-corrected chi connectivity index (χ1v) is 12.3. The summed E-state index contributed by atoms with van der Waals surface area (Å²) >= 11 is 0. The molecule has 0 saturated heterocycles. The number of rotatable bonds is 4. The van der Waals surface area contributed by atoms with Gasteiger partial charge < -0.3 is 0 Å². The SMILES string of the molecule is Cc1cnc2cc(C3CCC(c4ncccc4C(F)(F)F)CC3)c(=O)n(Cc3ncccc3C(F)(F)F)c2n1. The normalized spacial score (nSPS) is 18.4. The molecule has 12 heteroatoms. The minimum Gasteiger partial charge on any atom is -0.285 e. The van der Waals surface area contributed by atoms with Crippen LogP contribution in [0.4, 0.5) is 26.3 Å². The van der Waals surface area contributed by atoms with Gasteiger partial charge in [-0.2, -0.15) is 26.3 Å². The van der Waals surface area contributed by atoms with Crippen molar-refractivity contribution in [2.75, 3.05) is 0 Å². The third kappa shape index (κ3) is 5.37. The summed E-state index contributed by atoms with van der Waals surface area (Å²) in [5.41, 5.74) is -1.25. The lowest BCUT2D eigenvalue weighted by Crippen LogP contribution is -2.29. The fourth-order valence-electron chi connectivity index (χ4n) is 5.31. The van der Waals surface area contributed by atoms with Crippen molar-refractivity contribution >= 4 is 11.2 Å². The van der Waals surface area contributed by atoms with Crippen molar-refractivity contribution in [3.63, 3.8) is 0 Å². The number of fused-ring (bicyclic) bond motifs is 1. The van der Waals surface area contributed by atoms with Crippen LogP contribution in [0.1, 0.15) is 71.3 Å². The third-order valence-corrected chi connectivity index (χ3v) is 7.14. The maximum Gasteiger partial charge on any atom is 0.418 e. The Bertz CT molecular complexity index is 1570. The zero-order valence-electron chi connectivity index (χ0n) is 20.7. The molecule has 0 bridgehead atoms. The zero-order valence-corrected chi connectivity index (χ0v) is 20.7. The van der Waals surface area contributed by atoms with E-state index < -0.39 is 41.5 Å². The Hall–Kier alpha value is -3.83. The molecule has 1 fully saturated rings. The minimum absolute atomic E-state index is 0.00412. The highest BCUT2D eigenvalue weighted by Gasteiger charge is 2.38. The van der Waals surface area contributed by atoms with E-state index in [9.17, 15) is 31.1 Å². The number of hydrogen-bond donors (Lipinski definition) is 0. The molecule has 0 amide bonds. The smallest absolute Gasteiger partial charge is 0.285 e. The summed E-state index contributed by atoms with van der Waals surface area (Å²) in [7, 11) is 0. The second-order valence-corrected chi connectivity index (χ2v) is 9.69. The summed E-state index contributed by atoms with van der Waals surface area (Å²) in [6.45, 7) is 1.19. The molecule has 0 N–H and O–H groups in total. The molecule has 0 aromatic carbocycles. The van der Waals surface area contributed by atoms with Gasteiger partial charge in [0.15, 0.2) is 5.65 Å². The van der Waals surface area contributed by atoms with Crippen LogP contribution in [0.25, 0.3) is 11.2 Å². The molecule has 4 aromatic rings. The van der Waals surface area contributed by atoms with Crippen LogP contribution >= 0.6 is 0 Å². The van der Waals surface area contributed by atoms with Crippen molar-refractivity contribution in [3.05, 3.63) is 93.0 Å². The number of hydrogen-bond acceptors (Lipinski definition) is 5. The number of aryl methyl sites for hydroxylation is 1. The second kappa shape index (κ2) is 10.0. The molecule has 0 aliphatic heterocycles. The molecule has 5 rings (SSSR count). The summed E-state index contributed by atoms with van der Waals surface area (Å²) in [4.78, 5) is 30.4. The van der Waals surface area contributed by atoms with Gasteiger partial charge in [0.05, 0.1) is 34.8 Å². The lowest BCUT2D eigenvalue weighted by Gasteiger charge is -2.29. The summed E-state index contributed by atoms with van der Waals surface area (Å²) in [5, 5.41) is 0. The van der Waals surface area contributed by atoms with E-state index in [4.69, 9.17) is 0 Å². The molecular formula is C27H23F6N5O. The van der Waals surface area contributed by atoms with Crippen LogP contribution < -0.4 is 5.56 Å². The number of pyridine rings is 3. The van der Waals surface area contributed by atoms with Crippen molar-refractivity contribution in [1.82, 2.24) is 24.5 Å². The van der Waals surface area contributed by atoms with E-state index in [-0.39, 0.29) is 23.0 Å². The monoisotopic (exact) mass is 547 g/mol. The summed E-state index contributed by atoms with van der Waals surface area (Å²) in [6.07, 6.45) is -3.55. The quantitative estimate of drug-likeness (QED) is 0.276. The molecule has 0 unspecified atom stereocenters. The van der Waals surface area contributed by atoms with Crippen molar-refractivity contribution in [1.29, 1.82) is 0 Å². The summed E-state index contributed by atoms with van der Waals surface area (Å²) in [5.74, 6) is -0.733. The lowest BCUT2D eigenvalue weighted by atomic mass is 9.77. The van der Waals surface area contributed by atoms with Crippen molar-refractivity contribution in [3.8, 4) is 0 Å². The highest BCUT2D eigenvalue weighted by atomic mass is 19.4. The van der Waals surface area contributed by atoms with Gasteiger partial charge in [0.2, 0.25) is 0 Å². The predicted octanol–water partition coefficient (Wildman–Crippen LogP) is 6.42. The zero-order chi connectivity index (χ0) is 27.9.